The standard InChI is InChI=1S/C14H12BrFN2O/c15-12-7-11(16)4-5-13(12)18-8-9-2-1-3-10(6-9)14(17)19/h1-7,18H,8H2,(H2,17,19). The van der Waals surface area contributed by atoms with Crippen molar-refractivity contribution in [2.45, 2.75) is 6.54 Å². The molecule has 98 valence electrons. The highest BCUT2D eigenvalue weighted by molar-refractivity contribution is 9.10. The molecule has 0 aliphatic rings. The fraction of sp³-hybridized carbons (Fsp3) is 0.0714. The predicted molar refractivity (Wildman–Crippen MR) is 76.4 cm³/mol. The van der Waals surface area contributed by atoms with Gasteiger partial charge in [-0.1, -0.05) is 12.1 Å². The lowest BCUT2D eigenvalue weighted by Gasteiger charge is -2.09. The van der Waals surface area contributed by atoms with E-state index in [1.165, 1.54) is 12.1 Å². The number of primary amides is 1. The van der Waals surface area contributed by atoms with Crippen LogP contribution in [0.25, 0.3) is 0 Å². The molecule has 0 aliphatic heterocycles. The van der Waals surface area contributed by atoms with Gasteiger partial charge in [0.2, 0.25) is 5.91 Å². The van der Waals surface area contributed by atoms with Gasteiger partial charge in [-0.15, -0.1) is 0 Å². The van der Waals surface area contributed by atoms with E-state index in [0.717, 1.165) is 11.3 Å². The van der Waals surface area contributed by atoms with Gasteiger partial charge < -0.3 is 11.1 Å². The first-order valence-corrected chi connectivity index (χ1v) is 6.43. The Bertz CT molecular complexity index is 616. The molecule has 0 spiro atoms. The van der Waals surface area contributed by atoms with Crippen LogP contribution < -0.4 is 11.1 Å². The molecule has 0 saturated carbocycles. The summed E-state index contributed by atoms with van der Waals surface area (Å²) in [6.07, 6.45) is 0. The van der Waals surface area contributed by atoms with E-state index in [-0.39, 0.29) is 5.82 Å². The minimum atomic E-state index is -0.454. The van der Waals surface area contributed by atoms with Crippen LogP contribution in [0.1, 0.15) is 15.9 Å². The maximum atomic E-state index is 12.9. The third-order valence-corrected chi connectivity index (χ3v) is 3.28. The van der Waals surface area contributed by atoms with E-state index in [1.807, 2.05) is 6.07 Å². The number of amides is 1. The first-order chi connectivity index (χ1) is 9.06. The van der Waals surface area contributed by atoms with Crippen LogP contribution in [0, 0.1) is 5.82 Å². The Morgan fingerprint density at radius 1 is 1.26 bits per heavy atom. The second-order valence-electron chi connectivity index (χ2n) is 4.04. The van der Waals surface area contributed by atoms with Crippen LogP contribution in [-0.2, 0) is 6.54 Å². The highest BCUT2D eigenvalue weighted by atomic mass is 79.9. The second kappa shape index (κ2) is 5.84. The molecule has 2 aromatic carbocycles. The van der Waals surface area contributed by atoms with Gasteiger partial charge in [0.1, 0.15) is 5.82 Å². The molecule has 2 rings (SSSR count). The summed E-state index contributed by atoms with van der Waals surface area (Å²) < 4.78 is 13.6. The average molecular weight is 323 g/mol. The molecule has 0 saturated heterocycles. The average Bonchev–Trinajstić information content (AvgIpc) is 2.38. The minimum absolute atomic E-state index is 0.298. The molecule has 19 heavy (non-hydrogen) atoms. The maximum absolute atomic E-state index is 12.9. The molecule has 0 bridgehead atoms. The van der Waals surface area contributed by atoms with Crippen LogP contribution in [0.2, 0.25) is 0 Å². The Labute approximate surface area is 118 Å². The summed E-state index contributed by atoms with van der Waals surface area (Å²) >= 11 is 3.28. The zero-order chi connectivity index (χ0) is 13.8. The van der Waals surface area contributed by atoms with Crippen molar-refractivity contribution in [1.29, 1.82) is 0 Å². The largest absolute Gasteiger partial charge is 0.380 e. The highest BCUT2D eigenvalue weighted by Crippen LogP contribution is 2.23. The molecule has 2 aromatic rings. The van der Waals surface area contributed by atoms with Crippen molar-refractivity contribution in [3.8, 4) is 0 Å². The monoisotopic (exact) mass is 322 g/mol. The van der Waals surface area contributed by atoms with Gasteiger partial charge in [0.15, 0.2) is 0 Å². The van der Waals surface area contributed by atoms with E-state index >= 15 is 0 Å². The molecule has 0 aromatic heterocycles. The van der Waals surface area contributed by atoms with Gasteiger partial charge in [-0.2, -0.15) is 0 Å². The van der Waals surface area contributed by atoms with Gasteiger partial charge in [0.05, 0.1) is 0 Å². The van der Waals surface area contributed by atoms with Crippen LogP contribution in [0.3, 0.4) is 0 Å². The normalized spacial score (nSPS) is 10.2. The lowest BCUT2D eigenvalue weighted by atomic mass is 10.1. The lowest BCUT2D eigenvalue weighted by Crippen LogP contribution is -2.11. The summed E-state index contributed by atoms with van der Waals surface area (Å²) in [7, 11) is 0. The fourth-order valence-electron chi connectivity index (χ4n) is 1.66. The van der Waals surface area contributed by atoms with Gasteiger partial charge in [-0.3, -0.25) is 4.79 Å². The summed E-state index contributed by atoms with van der Waals surface area (Å²) in [6, 6.07) is 11.5. The van der Waals surface area contributed by atoms with Crippen molar-refractivity contribution in [3.05, 3.63) is 63.9 Å². The molecule has 3 N–H and O–H groups in total. The molecule has 0 radical (unpaired) electrons. The topological polar surface area (TPSA) is 55.1 Å². The number of nitrogens with two attached hydrogens (primary N) is 1. The van der Waals surface area contributed by atoms with E-state index in [9.17, 15) is 9.18 Å². The second-order valence-corrected chi connectivity index (χ2v) is 4.90. The van der Waals surface area contributed by atoms with Crippen molar-refractivity contribution >= 4 is 27.5 Å². The smallest absolute Gasteiger partial charge is 0.248 e. The van der Waals surface area contributed by atoms with Crippen LogP contribution in [0.5, 0.6) is 0 Å². The molecule has 1 amide bonds. The zero-order valence-corrected chi connectivity index (χ0v) is 11.6. The molecule has 3 nitrogen and oxygen atoms in total. The minimum Gasteiger partial charge on any atom is -0.380 e. The Morgan fingerprint density at radius 2 is 2.05 bits per heavy atom. The van der Waals surface area contributed by atoms with Gasteiger partial charge in [-0.25, -0.2) is 4.39 Å². The van der Waals surface area contributed by atoms with Gasteiger partial charge in [0, 0.05) is 22.3 Å². The van der Waals surface area contributed by atoms with Crippen LogP contribution in [-0.4, -0.2) is 5.91 Å². The van der Waals surface area contributed by atoms with E-state index in [1.54, 1.807) is 24.3 Å². The summed E-state index contributed by atoms with van der Waals surface area (Å²) in [5.41, 5.74) is 7.40. The lowest BCUT2D eigenvalue weighted by molar-refractivity contribution is 0.1000. The first kappa shape index (κ1) is 13.5. The third kappa shape index (κ3) is 3.54. The van der Waals surface area contributed by atoms with E-state index in [4.69, 9.17) is 5.73 Å². The Morgan fingerprint density at radius 3 is 2.74 bits per heavy atom. The number of nitrogens with one attached hydrogen (secondary N) is 1. The zero-order valence-electron chi connectivity index (χ0n) is 9.99. The van der Waals surface area contributed by atoms with Crippen molar-refractivity contribution in [2.75, 3.05) is 5.32 Å². The number of hydrogen-bond donors (Lipinski definition) is 2. The summed E-state index contributed by atoms with van der Waals surface area (Å²) in [5.74, 6) is -0.752. The highest BCUT2D eigenvalue weighted by Gasteiger charge is 2.03. The molecule has 0 fully saturated rings. The summed E-state index contributed by atoms with van der Waals surface area (Å²) in [6.45, 7) is 0.519. The SMILES string of the molecule is NC(=O)c1cccc(CNc2ccc(F)cc2Br)c1. The van der Waals surface area contributed by atoms with E-state index in [2.05, 4.69) is 21.2 Å². The number of carbonyl (C=O) groups excluding carboxylic acids is 1. The fourth-order valence-corrected chi connectivity index (χ4v) is 2.16. The van der Waals surface area contributed by atoms with Crippen molar-refractivity contribution < 1.29 is 9.18 Å². The molecule has 0 unspecified atom stereocenters. The van der Waals surface area contributed by atoms with Gasteiger partial charge in [-0.05, 0) is 51.8 Å². The quantitative estimate of drug-likeness (QED) is 0.907. The van der Waals surface area contributed by atoms with Crippen LogP contribution >= 0.6 is 15.9 Å². The van der Waals surface area contributed by atoms with Crippen molar-refractivity contribution in [3.63, 3.8) is 0 Å². The summed E-state index contributed by atoms with van der Waals surface area (Å²) in [5, 5.41) is 3.16. The third-order valence-electron chi connectivity index (χ3n) is 2.63. The number of halogens is 2. The van der Waals surface area contributed by atoms with Crippen molar-refractivity contribution in [2.24, 2.45) is 5.73 Å². The number of carbonyl (C=O) groups is 1. The van der Waals surface area contributed by atoms with Gasteiger partial charge >= 0.3 is 0 Å². The number of rotatable bonds is 4. The maximum Gasteiger partial charge on any atom is 0.248 e. The van der Waals surface area contributed by atoms with Crippen LogP contribution in [0.4, 0.5) is 10.1 Å². The molecule has 5 heteroatoms. The Balaban J connectivity index is 2.10. The van der Waals surface area contributed by atoms with E-state index < -0.39 is 5.91 Å². The van der Waals surface area contributed by atoms with E-state index in [0.29, 0.717) is 16.6 Å². The number of hydrogen-bond acceptors (Lipinski definition) is 2. The van der Waals surface area contributed by atoms with Crippen LogP contribution in [0.15, 0.2) is 46.9 Å². The predicted octanol–water partition coefficient (Wildman–Crippen LogP) is 3.30. The summed E-state index contributed by atoms with van der Waals surface area (Å²) in [4.78, 5) is 11.1. The molecule has 0 aliphatic carbocycles. The number of anilines is 1. The van der Waals surface area contributed by atoms with Gasteiger partial charge in [0.25, 0.3) is 0 Å². The molecular formula is C14H12BrFN2O. The molecule has 0 atom stereocenters. The number of benzene rings is 2. The first-order valence-electron chi connectivity index (χ1n) is 5.64. The molecular weight excluding hydrogens is 311 g/mol. The van der Waals surface area contributed by atoms with Crippen molar-refractivity contribution in [1.82, 2.24) is 0 Å². The Kier molecular flexibility index (Phi) is 4.16. The Hall–Kier alpha value is -1.88. The molecule has 0 heterocycles.